The van der Waals surface area contributed by atoms with Crippen molar-refractivity contribution < 1.29 is 32.3 Å². The normalized spacial score (nSPS) is 20.7. The molecule has 15 nitrogen and oxygen atoms in total. The molecular weight excluding hydrogens is 787 g/mol. The zero-order valence-electron chi connectivity index (χ0n) is 34.8. The van der Waals surface area contributed by atoms with E-state index in [1.54, 1.807) is 54.7 Å². The molecule has 6 rings (SSSR count). The summed E-state index contributed by atoms with van der Waals surface area (Å²) < 4.78 is 35.4. The lowest BCUT2D eigenvalue weighted by Gasteiger charge is -2.36. The molecule has 316 valence electrons. The van der Waals surface area contributed by atoms with E-state index in [2.05, 4.69) is 32.0 Å². The Morgan fingerprint density at radius 1 is 0.933 bits per heavy atom. The molecule has 2 fully saturated rings. The van der Waals surface area contributed by atoms with Crippen LogP contribution in [0.3, 0.4) is 0 Å². The van der Waals surface area contributed by atoms with Crippen LogP contribution in [-0.2, 0) is 29.1 Å². The van der Waals surface area contributed by atoms with Gasteiger partial charge in [0.15, 0.2) is 0 Å². The number of amides is 4. The minimum atomic E-state index is -4.39. The fourth-order valence-corrected chi connectivity index (χ4v) is 8.38. The predicted octanol–water partition coefficient (Wildman–Crippen LogP) is 4.93. The van der Waals surface area contributed by atoms with Gasteiger partial charge in [0, 0.05) is 36.3 Å². The predicted molar refractivity (Wildman–Crippen MR) is 225 cm³/mol. The van der Waals surface area contributed by atoms with Gasteiger partial charge < -0.3 is 20.3 Å². The summed E-state index contributed by atoms with van der Waals surface area (Å²) in [6.07, 6.45) is 3.23. The third kappa shape index (κ3) is 9.18. The number of carbonyl (C=O) groups is 4. The minimum Gasteiger partial charge on any atom is -0.444 e. The fourth-order valence-electron chi connectivity index (χ4n) is 7.39. The zero-order valence-corrected chi connectivity index (χ0v) is 35.6. The van der Waals surface area contributed by atoms with Gasteiger partial charge in [-0.05, 0) is 62.8 Å². The van der Waals surface area contributed by atoms with Crippen LogP contribution in [0.2, 0.25) is 0 Å². The highest BCUT2D eigenvalue weighted by atomic mass is 32.2. The molecule has 2 aliphatic rings. The van der Waals surface area contributed by atoms with Crippen molar-refractivity contribution in [1.29, 1.82) is 0 Å². The Kier molecular flexibility index (Phi) is 11.9. The van der Waals surface area contributed by atoms with Crippen molar-refractivity contribution in [3.05, 3.63) is 114 Å². The summed E-state index contributed by atoms with van der Waals surface area (Å²) in [6, 6.07) is 17.9. The van der Waals surface area contributed by atoms with Gasteiger partial charge in [0.2, 0.25) is 11.8 Å². The lowest BCUT2D eigenvalue weighted by Crippen LogP contribution is -2.60. The first-order valence-corrected chi connectivity index (χ1v) is 21.1. The van der Waals surface area contributed by atoms with Crippen LogP contribution < -0.4 is 20.9 Å². The number of benzene rings is 2. The van der Waals surface area contributed by atoms with E-state index in [4.69, 9.17) is 4.74 Å². The van der Waals surface area contributed by atoms with Crippen LogP contribution in [0.15, 0.2) is 108 Å². The molecule has 1 saturated carbocycles. The van der Waals surface area contributed by atoms with Crippen molar-refractivity contribution in [2.45, 2.75) is 95.5 Å². The highest BCUT2D eigenvalue weighted by Gasteiger charge is 2.61. The van der Waals surface area contributed by atoms with E-state index in [0.29, 0.717) is 22.4 Å². The van der Waals surface area contributed by atoms with Gasteiger partial charge in [-0.2, -0.15) is 5.10 Å². The molecule has 2 aromatic heterocycles. The number of aromatic nitrogens is 3. The fraction of sp³-hybridized carbons (Fsp3) is 0.386. The van der Waals surface area contributed by atoms with Gasteiger partial charge in [0.1, 0.15) is 28.1 Å². The van der Waals surface area contributed by atoms with Gasteiger partial charge in [-0.25, -0.2) is 22.6 Å². The standard InChI is InChI=1S/C44H51N7O8S/c1-9-30-23-44(30,40(55)49-60(57,58)32-21-20-27(2)45-24-32)48-37(52)34-22-31(26-50(34)39(54)36(42(3,4)5)47-41(56)59-43(6,7)8)51-38(53)35(29-18-14-11-15-19-29)33(25-46-51)28-16-12-10-13-17-28/h9-21,24-25,30-31,34,36H,1,22-23,26H2,2-8H3,(H,47,56)(H,48,52)(H,49,55)/t30-,31-,34+,36-,44-/m1/s1. The summed E-state index contributed by atoms with van der Waals surface area (Å²) in [5, 5.41) is 10.1. The van der Waals surface area contributed by atoms with E-state index in [-0.39, 0.29) is 24.3 Å². The lowest BCUT2D eigenvalue weighted by atomic mass is 9.85. The Hall–Kier alpha value is -6.16. The Morgan fingerprint density at radius 2 is 1.57 bits per heavy atom. The maximum atomic E-state index is 14.8. The quantitative estimate of drug-likeness (QED) is 0.174. The average molecular weight is 838 g/mol. The molecule has 1 saturated heterocycles. The number of carbonyl (C=O) groups excluding carboxylic acids is 4. The van der Waals surface area contributed by atoms with E-state index in [0.717, 1.165) is 11.8 Å². The van der Waals surface area contributed by atoms with Crippen molar-refractivity contribution in [3.63, 3.8) is 0 Å². The average Bonchev–Trinajstić information content (AvgIpc) is 3.72. The first-order chi connectivity index (χ1) is 28.1. The highest BCUT2D eigenvalue weighted by Crippen LogP contribution is 2.45. The number of rotatable bonds is 11. The minimum absolute atomic E-state index is 0.0348. The molecule has 0 spiro atoms. The van der Waals surface area contributed by atoms with E-state index in [1.165, 1.54) is 27.8 Å². The molecule has 3 N–H and O–H groups in total. The molecule has 5 atom stereocenters. The number of likely N-dealkylation sites (tertiary alicyclic amines) is 1. The van der Waals surface area contributed by atoms with Crippen molar-refractivity contribution in [1.82, 2.24) is 35.0 Å². The SMILES string of the molecule is C=C[C@@H]1C[C@]1(NC(=O)[C@@H]1C[C@@H](n2ncc(-c3ccccc3)c(-c3ccccc3)c2=O)CN1C(=O)[C@@H](NC(=O)OC(C)(C)C)C(C)(C)C)C(=O)NS(=O)(=O)c1ccc(C)nc1. The number of ether oxygens (including phenoxy) is 1. The molecule has 60 heavy (non-hydrogen) atoms. The van der Waals surface area contributed by atoms with Gasteiger partial charge in [-0.3, -0.25) is 24.2 Å². The van der Waals surface area contributed by atoms with Crippen LogP contribution in [0.5, 0.6) is 0 Å². The summed E-state index contributed by atoms with van der Waals surface area (Å²) in [6.45, 7) is 15.6. The second kappa shape index (κ2) is 16.5. The largest absolute Gasteiger partial charge is 0.444 e. The number of alkyl carbamates (subject to hydrolysis) is 1. The van der Waals surface area contributed by atoms with E-state index >= 15 is 0 Å². The second-order valence-electron chi connectivity index (χ2n) is 17.3. The molecule has 16 heteroatoms. The van der Waals surface area contributed by atoms with E-state index in [1.807, 2.05) is 60.7 Å². The molecule has 2 aromatic carbocycles. The molecule has 0 unspecified atom stereocenters. The molecule has 3 heterocycles. The Morgan fingerprint density at radius 3 is 2.12 bits per heavy atom. The summed E-state index contributed by atoms with van der Waals surface area (Å²) in [7, 11) is -4.39. The smallest absolute Gasteiger partial charge is 0.408 e. The number of sulfonamides is 1. The van der Waals surface area contributed by atoms with Gasteiger partial charge in [-0.1, -0.05) is 87.5 Å². The van der Waals surface area contributed by atoms with Crippen molar-refractivity contribution >= 4 is 33.8 Å². The maximum absolute atomic E-state index is 14.8. The molecule has 1 aliphatic heterocycles. The van der Waals surface area contributed by atoms with Crippen LogP contribution in [0, 0.1) is 18.3 Å². The highest BCUT2D eigenvalue weighted by molar-refractivity contribution is 7.90. The van der Waals surface area contributed by atoms with Gasteiger partial charge >= 0.3 is 6.09 Å². The maximum Gasteiger partial charge on any atom is 0.408 e. The summed E-state index contributed by atoms with van der Waals surface area (Å²) in [5.74, 6) is -3.05. The van der Waals surface area contributed by atoms with Gasteiger partial charge in [0.05, 0.1) is 17.8 Å². The molecule has 4 aromatic rings. The second-order valence-corrected chi connectivity index (χ2v) is 19.0. The van der Waals surface area contributed by atoms with E-state index in [9.17, 15) is 32.4 Å². The Labute approximate surface area is 349 Å². The Balaban J connectivity index is 1.39. The first-order valence-electron chi connectivity index (χ1n) is 19.6. The van der Waals surface area contributed by atoms with Crippen molar-refractivity contribution in [3.8, 4) is 22.3 Å². The number of nitrogens with zero attached hydrogens (tertiary/aromatic N) is 4. The number of hydrogen-bond donors (Lipinski definition) is 3. The Bertz CT molecular complexity index is 2460. The van der Waals surface area contributed by atoms with Crippen molar-refractivity contribution in [2.24, 2.45) is 11.3 Å². The number of aryl methyl sites for hydroxylation is 1. The molecule has 1 aliphatic carbocycles. The first kappa shape index (κ1) is 43.4. The lowest BCUT2D eigenvalue weighted by molar-refractivity contribution is -0.143. The molecule has 4 amide bonds. The molecular formula is C44H51N7O8S. The number of nitrogens with one attached hydrogen (secondary N) is 3. The van der Waals surface area contributed by atoms with Crippen LogP contribution in [-0.4, -0.2) is 81.7 Å². The third-order valence-corrected chi connectivity index (χ3v) is 11.9. The summed E-state index contributed by atoms with van der Waals surface area (Å²) >= 11 is 0. The van der Waals surface area contributed by atoms with Crippen LogP contribution in [0.4, 0.5) is 4.79 Å². The van der Waals surface area contributed by atoms with Crippen LogP contribution in [0.25, 0.3) is 22.3 Å². The topological polar surface area (TPSA) is 199 Å². The van der Waals surface area contributed by atoms with E-state index < -0.39 is 80.0 Å². The van der Waals surface area contributed by atoms with Gasteiger partial charge in [-0.15, -0.1) is 6.58 Å². The zero-order chi connectivity index (χ0) is 43.8. The van der Waals surface area contributed by atoms with Crippen LogP contribution in [0.1, 0.15) is 66.1 Å². The summed E-state index contributed by atoms with van der Waals surface area (Å²) in [5.41, 5.74) is -1.02. The van der Waals surface area contributed by atoms with Crippen LogP contribution >= 0.6 is 0 Å². The van der Waals surface area contributed by atoms with Gasteiger partial charge in [0.25, 0.3) is 21.5 Å². The monoisotopic (exact) mass is 837 g/mol. The summed E-state index contributed by atoms with van der Waals surface area (Å²) in [4.78, 5) is 76.1. The number of pyridine rings is 1. The molecule has 0 bridgehead atoms. The molecule has 0 radical (unpaired) electrons. The van der Waals surface area contributed by atoms with Crippen molar-refractivity contribution in [2.75, 3.05) is 6.54 Å². The third-order valence-electron chi connectivity index (χ3n) is 10.6. The number of hydrogen-bond acceptors (Lipinski definition) is 10.